The van der Waals surface area contributed by atoms with Gasteiger partial charge in [0.1, 0.15) is 11.2 Å². The molecule has 0 radical (unpaired) electrons. The number of carbonyl (C=O) groups is 2. The van der Waals surface area contributed by atoms with Crippen LogP contribution >= 0.6 is 11.8 Å². The van der Waals surface area contributed by atoms with Crippen molar-refractivity contribution >= 4 is 29.0 Å². The van der Waals surface area contributed by atoms with Gasteiger partial charge >= 0.3 is 0 Å². The van der Waals surface area contributed by atoms with Gasteiger partial charge in [0.05, 0.1) is 5.75 Å². The third kappa shape index (κ3) is 3.85. The van der Waals surface area contributed by atoms with E-state index in [1.807, 2.05) is 20.2 Å². The third-order valence-corrected chi connectivity index (χ3v) is 9.82. The fourth-order valence-electron chi connectivity index (χ4n) is 7.65. The monoisotopic (exact) mass is 474 g/mol. The second-order valence-electron chi connectivity index (χ2n) is 11.1. The maximum atomic E-state index is 13.0. The molecule has 5 atom stereocenters. The van der Waals surface area contributed by atoms with Crippen molar-refractivity contribution in [1.29, 1.82) is 5.26 Å². The number of fused-ring (bicyclic) bond motifs is 4. The summed E-state index contributed by atoms with van der Waals surface area (Å²) in [6.45, 7) is 2.35. The van der Waals surface area contributed by atoms with Crippen LogP contribution in [-0.2, 0) is 9.59 Å². The number of thioether (sulfide) groups is 1. The van der Waals surface area contributed by atoms with Crippen LogP contribution in [0.25, 0.3) is 0 Å². The Morgan fingerprint density at radius 2 is 1.94 bits per heavy atom. The summed E-state index contributed by atoms with van der Waals surface area (Å²) < 4.78 is 0. The first-order chi connectivity index (χ1) is 16.3. The van der Waals surface area contributed by atoms with Crippen LogP contribution in [0.15, 0.2) is 47.1 Å². The summed E-state index contributed by atoms with van der Waals surface area (Å²) in [6, 6.07) is 8.73. The van der Waals surface area contributed by atoms with E-state index in [2.05, 4.69) is 41.5 Å². The van der Waals surface area contributed by atoms with Gasteiger partial charge in [0.15, 0.2) is 5.78 Å². The van der Waals surface area contributed by atoms with E-state index in [1.54, 1.807) is 5.57 Å². The standard InChI is InChI=1S/C29H34N2O2S/c1-29-13-12-23-22(25(29)10-11-26(29)27(33)16-34-17-30)9-6-19-14-21(32)15-24(28(19)23)18-4-7-20(8-5-18)31(2)3/h4-5,7-8,14,22,24-26H,6,9-13,15-16H2,1-3H3/t22-,24+,25+,26-,29+/m1/s1. The lowest BCUT2D eigenvalue weighted by Crippen LogP contribution is -2.43. The number of Topliss-reactive ketones (excluding diaryl/α,β-unsaturated/α-hetero) is 1. The number of nitrogens with zero attached hydrogens (tertiary/aromatic N) is 2. The molecule has 0 unspecified atom stereocenters. The number of anilines is 1. The predicted molar refractivity (Wildman–Crippen MR) is 138 cm³/mol. The number of carbonyl (C=O) groups excluding carboxylic acids is 2. The van der Waals surface area contributed by atoms with Crippen molar-refractivity contribution in [3.05, 3.63) is 52.6 Å². The maximum Gasteiger partial charge on any atom is 0.156 e. The summed E-state index contributed by atoms with van der Waals surface area (Å²) in [7, 11) is 4.10. The molecular formula is C29H34N2O2S. The Hall–Kier alpha value is -2.32. The molecule has 0 saturated heterocycles. The molecule has 4 aliphatic carbocycles. The van der Waals surface area contributed by atoms with E-state index in [0.717, 1.165) is 50.3 Å². The molecule has 2 fully saturated rings. The van der Waals surface area contributed by atoms with E-state index >= 15 is 0 Å². The van der Waals surface area contributed by atoms with Gasteiger partial charge in [0.25, 0.3) is 0 Å². The Bertz CT molecular complexity index is 1110. The van der Waals surface area contributed by atoms with E-state index in [1.165, 1.54) is 22.4 Å². The number of hydrogen-bond acceptors (Lipinski definition) is 5. The van der Waals surface area contributed by atoms with Gasteiger partial charge in [-0.15, -0.1) is 0 Å². The summed E-state index contributed by atoms with van der Waals surface area (Å²) >= 11 is 1.08. The van der Waals surface area contributed by atoms with Crippen molar-refractivity contribution < 1.29 is 9.59 Å². The smallest absolute Gasteiger partial charge is 0.156 e. The van der Waals surface area contributed by atoms with Crippen LogP contribution in [0.3, 0.4) is 0 Å². The summed E-state index contributed by atoms with van der Waals surface area (Å²) in [5, 5.41) is 11.0. The van der Waals surface area contributed by atoms with E-state index in [0.29, 0.717) is 24.0 Å². The quantitative estimate of drug-likeness (QED) is 0.486. The molecular weight excluding hydrogens is 440 g/mol. The molecule has 1 aromatic carbocycles. The highest BCUT2D eigenvalue weighted by molar-refractivity contribution is 8.04. The van der Waals surface area contributed by atoms with Gasteiger partial charge in [-0.3, -0.25) is 9.59 Å². The maximum absolute atomic E-state index is 13.0. The zero-order valence-electron chi connectivity index (χ0n) is 20.5. The Kier molecular flexibility index (Phi) is 6.23. The highest BCUT2D eigenvalue weighted by Gasteiger charge is 2.55. The SMILES string of the molecule is CN(C)c1ccc([C@@H]2CC(=O)C=C3CC[C@@H]4C(=C32)CC[C@]2(C)[C@@H](C(=O)CSC#N)CC[C@@H]42)cc1. The Morgan fingerprint density at radius 3 is 2.65 bits per heavy atom. The zero-order valence-corrected chi connectivity index (χ0v) is 21.3. The lowest BCUT2D eigenvalue weighted by molar-refractivity contribution is -0.124. The third-order valence-electron chi connectivity index (χ3n) is 9.26. The largest absolute Gasteiger partial charge is 0.378 e. The molecule has 2 saturated carbocycles. The number of nitriles is 1. The van der Waals surface area contributed by atoms with E-state index in [9.17, 15) is 9.59 Å². The first kappa shape index (κ1) is 23.4. The lowest BCUT2D eigenvalue weighted by Gasteiger charge is -2.49. The molecule has 1 aromatic rings. The van der Waals surface area contributed by atoms with Gasteiger partial charge in [-0.05, 0) is 102 Å². The molecule has 0 amide bonds. The van der Waals surface area contributed by atoms with Crippen LogP contribution in [-0.4, -0.2) is 31.4 Å². The molecule has 0 spiro atoms. The zero-order chi connectivity index (χ0) is 24.0. The van der Waals surface area contributed by atoms with Crippen LogP contribution in [0, 0.1) is 33.8 Å². The van der Waals surface area contributed by atoms with Gasteiger partial charge in [-0.1, -0.05) is 24.6 Å². The Morgan fingerprint density at radius 1 is 1.18 bits per heavy atom. The van der Waals surface area contributed by atoms with Crippen LogP contribution in [0.2, 0.25) is 0 Å². The van der Waals surface area contributed by atoms with Crippen molar-refractivity contribution in [1.82, 2.24) is 0 Å². The molecule has 0 aromatic heterocycles. The molecule has 4 aliphatic rings. The van der Waals surface area contributed by atoms with E-state index in [4.69, 9.17) is 5.26 Å². The molecule has 0 aliphatic heterocycles. The molecule has 4 nitrogen and oxygen atoms in total. The van der Waals surface area contributed by atoms with Crippen LogP contribution < -0.4 is 4.90 Å². The Labute approximate surface area is 207 Å². The molecule has 0 bridgehead atoms. The van der Waals surface area contributed by atoms with Crippen LogP contribution in [0.4, 0.5) is 5.69 Å². The van der Waals surface area contributed by atoms with Crippen molar-refractivity contribution in [2.75, 3.05) is 24.7 Å². The van der Waals surface area contributed by atoms with Crippen molar-refractivity contribution in [3.8, 4) is 5.40 Å². The van der Waals surface area contributed by atoms with E-state index < -0.39 is 0 Å². The molecule has 0 heterocycles. The summed E-state index contributed by atoms with van der Waals surface area (Å²) in [5.74, 6) is 2.13. The van der Waals surface area contributed by atoms with Gasteiger partial charge < -0.3 is 4.90 Å². The van der Waals surface area contributed by atoms with Crippen molar-refractivity contribution in [3.63, 3.8) is 0 Å². The topological polar surface area (TPSA) is 61.2 Å². The van der Waals surface area contributed by atoms with Crippen molar-refractivity contribution in [2.45, 2.75) is 57.8 Å². The van der Waals surface area contributed by atoms with Crippen LogP contribution in [0.1, 0.15) is 63.4 Å². The number of thiocyanates is 1. The van der Waals surface area contributed by atoms with Gasteiger partial charge in [0, 0.05) is 38.0 Å². The number of hydrogen-bond donors (Lipinski definition) is 0. The molecule has 34 heavy (non-hydrogen) atoms. The first-order valence-corrected chi connectivity index (χ1v) is 13.6. The lowest BCUT2D eigenvalue weighted by atomic mass is 9.54. The van der Waals surface area contributed by atoms with Crippen molar-refractivity contribution in [2.24, 2.45) is 23.2 Å². The fourth-order valence-corrected chi connectivity index (χ4v) is 8.06. The molecule has 5 rings (SSSR count). The minimum Gasteiger partial charge on any atom is -0.378 e. The average molecular weight is 475 g/mol. The summed E-state index contributed by atoms with van der Waals surface area (Å²) in [5.41, 5.74) is 6.75. The van der Waals surface area contributed by atoms with E-state index in [-0.39, 0.29) is 28.8 Å². The second-order valence-corrected chi connectivity index (χ2v) is 11.8. The summed E-state index contributed by atoms with van der Waals surface area (Å²) in [6.07, 6.45) is 8.68. The molecule has 5 heteroatoms. The highest BCUT2D eigenvalue weighted by atomic mass is 32.2. The predicted octanol–water partition coefficient (Wildman–Crippen LogP) is 6.05. The normalized spacial score (nSPS) is 32.3. The van der Waals surface area contributed by atoms with Gasteiger partial charge in [0.2, 0.25) is 0 Å². The van der Waals surface area contributed by atoms with Gasteiger partial charge in [-0.2, -0.15) is 5.26 Å². The van der Waals surface area contributed by atoms with Crippen LogP contribution in [0.5, 0.6) is 0 Å². The van der Waals surface area contributed by atoms with Gasteiger partial charge in [-0.25, -0.2) is 0 Å². The number of benzene rings is 1. The highest BCUT2D eigenvalue weighted by Crippen LogP contribution is 2.63. The second kappa shape index (κ2) is 9.04. The summed E-state index contributed by atoms with van der Waals surface area (Å²) in [4.78, 5) is 27.8. The minimum atomic E-state index is 0.0381. The first-order valence-electron chi connectivity index (χ1n) is 12.6. The molecule has 178 valence electrons. The fraction of sp³-hybridized carbons (Fsp3) is 0.552. The minimum absolute atomic E-state index is 0.0381. The number of ketones is 2. The number of rotatable bonds is 5. The average Bonchev–Trinajstić information content (AvgIpc) is 3.19. The number of allylic oxidation sites excluding steroid dienone is 4. The Balaban J connectivity index is 1.50. The molecule has 0 N–H and O–H groups in total.